The highest BCUT2D eigenvalue weighted by Gasteiger charge is 2.30. The Bertz CT molecular complexity index is 253. The highest BCUT2D eigenvalue weighted by molar-refractivity contribution is 5.86. The predicted molar refractivity (Wildman–Crippen MR) is 57.0 cm³/mol. The van der Waals surface area contributed by atoms with E-state index in [2.05, 4.69) is 5.32 Å². The van der Waals surface area contributed by atoms with E-state index in [9.17, 15) is 9.59 Å². The zero-order valence-electron chi connectivity index (χ0n) is 9.32. The van der Waals surface area contributed by atoms with E-state index in [1.165, 1.54) is 4.90 Å². The van der Waals surface area contributed by atoms with Crippen molar-refractivity contribution in [1.82, 2.24) is 10.2 Å². The normalized spacial score (nSPS) is 25.0. The van der Waals surface area contributed by atoms with Gasteiger partial charge in [0, 0.05) is 20.1 Å². The second kappa shape index (κ2) is 5.11. The zero-order valence-corrected chi connectivity index (χ0v) is 9.32. The van der Waals surface area contributed by atoms with Crippen LogP contribution in [0.5, 0.6) is 0 Å². The minimum Gasteiger partial charge on any atom is -0.347 e. The Kier molecular flexibility index (Phi) is 4.08. The summed E-state index contributed by atoms with van der Waals surface area (Å²) in [6, 6.07) is -0.0422. The Labute approximate surface area is 90.0 Å². The molecule has 2 atom stereocenters. The maximum atomic E-state index is 11.6. The first-order valence-electron chi connectivity index (χ1n) is 5.26. The fourth-order valence-electron chi connectivity index (χ4n) is 1.77. The van der Waals surface area contributed by atoms with E-state index in [1.54, 1.807) is 14.1 Å². The molecule has 5 nitrogen and oxygen atoms in total. The molecule has 1 aliphatic carbocycles. The van der Waals surface area contributed by atoms with Gasteiger partial charge in [-0.15, -0.1) is 0 Å². The molecule has 5 heteroatoms. The summed E-state index contributed by atoms with van der Waals surface area (Å²) in [6.45, 7) is 0.0645. The van der Waals surface area contributed by atoms with Crippen LogP contribution >= 0.6 is 0 Å². The fraction of sp³-hybridized carbons (Fsp3) is 0.800. The van der Waals surface area contributed by atoms with Crippen LogP contribution in [0.15, 0.2) is 0 Å². The SMILES string of the molecule is CN(C)C(=O)CNC(=O)C1CCCC1N. The fourth-order valence-corrected chi connectivity index (χ4v) is 1.77. The molecule has 0 bridgehead atoms. The van der Waals surface area contributed by atoms with Crippen molar-refractivity contribution in [1.29, 1.82) is 0 Å². The summed E-state index contributed by atoms with van der Waals surface area (Å²) < 4.78 is 0. The minimum atomic E-state index is -0.111. The molecule has 3 N–H and O–H groups in total. The predicted octanol–water partition coefficient (Wildman–Crippen LogP) is -0.682. The molecule has 0 aromatic rings. The van der Waals surface area contributed by atoms with E-state index in [0.717, 1.165) is 19.3 Å². The molecule has 0 radical (unpaired) electrons. The smallest absolute Gasteiger partial charge is 0.241 e. The summed E-state index contributed by atoms with van der Waals surface area (Å²) in [5.41, 5.74) is 5.79. The first kappa shape index (κ1) is 12.0. The molecule has 15 heavy (non-hydrogen) atoms. The number of carbonyl (C=O) groups is 2. The van der Waals surface area contributed by atoms with E-state index in [-0.39, 0.29) is 30.3 Å². The third-order valence-electron chi connectivity index (χ3n) is 2.82. The van der Waals surface area contributed by atoms with Gasteiger partial charge in [0.25, 0.3) is 0 Å². The van der Waals surface area contributed by atoms with Gasteiger partial charge >= 0.3 is 0 Å². The lowest BCUT2D eigenvalue weighted by Crippen LogP contribution is -2.42. The Morgan fingerprint density at radius 3 is 2.53 bits per heavy atom. The van der Waals surface area contributed by atoms with Crippen molar-refractivity contribution >= 4 is 11.8 Å². The summed E-state index contributed by atoms with van der Waals surface area (Å²) in [6.07, 6.45) is 2.74. The largest absolute Gasteiger partial charge is 0.347 e. The zero-order chi connectivity index (χ0) is 11.4. The van der Waals surface area contributed by atoms with Crippen LogP contribution in [0.2, 0.25) is 0 Å². The quantitative estimate of drug-likeness (QED) is 0.652. The number of likely N-dealkylation sites (N-methyl/N-ethyl adjacent to an activating group) is 1. The van der Waals surface area contributed by atoms with Crippen LogP contribution in [-0.2, 0) is 9.59 Å². The van der Waals surface area contributed by atoms with Gasteiger partial charge in [-0.1, -0.05) is 6.42 Å². The highest BCUT2D eigenvalue weighted by atomic mass is 16.2. The van der Waals surface area contributed by atoms with Gasteiger partial charge in [-0.2, -0.15) is 0 Å². The summed E-state index contributed by atoms with van der Waals surface area (Å²) in [4.78, 5) is 24.3. The lowest BCUT2D eigenvalue weighted by Gasteiger charge is -2.16. The average Bonchev–Trinajstić information content (AvgIpc) is 2.60. The van der Waals surface area contributed by atoms with Gasteiger partial charge < -0.3 is 16.0 Å². The molecule has 0 aromatic carbocycles. The van der Waals surface area contributed by atoms with Crippen molar-refractivity contribution < 1.29 is 9.59 Å². The van der Waals surface area contributed by atoms with Gasteiger partial charge in [-0.05, 0) is 12.8 Å². The van der Waals surface area contributed by atoms with Crippen LogP contribution < -0.4 is 11.1 Å². The maximum absolute atomic E-state index is 11.6. The number of nitrogens with two attached hydrogens (primary N) is 1. The molecule has 0 spiro atoms. The van der Waals surface area contributed by atoms with E-state index < -0.39 is 0 Å². The Morgan fingerprint density at radius 2 is 2.07 bits per heavy atom. The van der Waals surface area contributed by atoms with Crippen LogP contribution in [0.4, 0.5) is 0 Å². The Morgan fingerprint density at radius 1 is 1.40 bits per heavy atom. The molecule has 1 rings (SSSR count). The number of hydrogen-bond donors (Lipinski definition) is 2. The van der Waals surface area contributed by atoms with Gasteiger partial charge in [0.1, 0.15) is 0 Å². The van der Waals surface area contributed by atoms with E-state index in [4.69, 9.17) is 5.73 Å². The van der Waals surface area contributed by atoms with Crippen molar-refractivity contribution in [2.24, 2.45) is 11.7 Å². The van der Waals surface area contributed by atoms with E-state index in [1.807, 2.05) is 0 Å². The molecule has 0 aliphatic heterocycles. The molecular formula is C10H19N3O2. The lowest BCUT2D eigenvalue weighted by molar-refractivity contribution is -0.132. The standard InChI is InChI=1S/C10H19N3O2/c1-13(2)9(14)6-12-10(15)7-4-3-5-8(7)11/h7-8H,3-6,11H2,1-2H3,(H,12,15). The first-order valence-corrected chi connectivity index (χ1v) is 5.26. The lowest BCUT2D eigenvalue weighted by atomic mass is 10.0. The van der Waals surface area contributed by atoms with E-state index in [0.29, 0.717) is 0 Å². The first-order chi connectivity index (χ1) is 7.02. The van der Waals surface area contributed by atoms with Gasteiger partial charge in [0.2, 0.25) is 11.8 Å². The second-order valence-corrected chi connectivity index (χ2v) is 4.21. The molecule has 0 heterocycles. The van der Waals surface area contributed by atoms with Crippen molar-refractivity contribution in [3.05, 3.63) is 0 Å². The van der Waals surface area contributed by atoms with Gasteiger partial charge in [0.15, 0.2) is 0 Å². The molecular weight excluding hydrogens is 194 g/mol. The maximum Gasteiger partial charge on any atom is 0.241 e. The molecule has 0 saturated heterocycles. The van der Waals surface area contributed by atoms with E-state index >= 15 is 0 Å². The highest BCUT2D eigenvalue weighted by Crippen LogP contribution is 2.23. The molecule has 1 fully saturated rings. The van der Waals surface area contributed by atoms with Crippen molar-refractivity contribution in [2.45, 2.75) is 25.3 Å². The molecule has 0 aromatic heterocycles. The van der Waals surface area contributed by atoms with Crippen molar-refractivity contribution in [3.63, 3.8) is 0 Å². The van der Waals surface area contributed by atoms with Crippen molar-refractivity contribution in [3.8, 4) is 0 Å². The number of rotatable bonds is 3. The van der Waals surface area contributed by atoms with Gasteiger partial charge in [0.05, 0.1) is 12.5 Å². The number of nitrogens with one attached hydrogen (secondary N) is 1. The van der Waals surface area contributed by atoms with Gasteiger partial charge in [-0.3, -0.25) is 9.59 Å². The Balaban J connectivity index is 2.33. The molecule has 2 unspecified atom stereocenters. The van der Waals surface area contributed by atoms with Crippen LogP contribution in [0.25, 0.3) is 0 Å². The Hall–Kier alpha value is -1.10. The summed E-state index contributed by atoms with van der Waals surface area (Å²) in [5.74, 6) is -0.301. The third-order valence-corrected chi connectivity index (χ3v) is 2.82. The van der Waals surface area contributed by atoms with Crippen molar-refractivity contribution in [2.75, 3.05) is 20.6 Å². The summed E-state index contributed by atoms with van der Waals surface area (Å²) >= 11 is 0. The molecule has 1 saturated carbocycles. The van der Waals surface area contributed by atoms with Crippen LogP contribution in [0, 0.1) is 5.92 Å². The average molecular weight is 213 g/mol. The third kappa shape index (κ3) is 3.20. The number of nitrogens with zero attached hydrogens (tertiary/aromatic N) is 1. The number of hydrogen-bond acceptors (Lipinski definition) is 3. The van der Waals surface area contributed by atoms with Crippen LogP contribution in [0.1, 0.15) is 19.3 Å². The number of amides is 2. The minimum absolute atomic E-state index is 0.0422. The van der Waals surface area contributed by atoms with Crippen LogP contribution in [0.3, 0.4) is 0 Å². The second-order valence-electron chi connectivity index (χ2n) is 4.21. The summed E-state index contributed by atoms with van der Waals surface area (Å²) in [5, 5.41) is 2.63. The molecule has 86 valence electrons. The number of carbonyl (C=O) groups excluding carboxylic acids is 2. The summed E-state index contributed by atoms with van der Waals surface area (Å²) in [7, 11) is 3.32. The van der Waals surface area contributed by atoms with Gasteiger partial charge in [-0.25, -0.2) is 0 Å². The molecule has 2 amide bonds. The topological polar surface area (TPSA) is 75.4 Å². The molecule has 1 aliphatic rings. The monoisotopic (exact) mass is 213 g/mol. The van der Waals surface area contributed by atoms with Crippen LogP contribution in [-0.4, -0.2) is 43.4 Å².